The first-order valence-corrected chi connectivity index (χ1v) is 9.58. The van der Waals surface area contributed by atoms with Gasteiger partial charge in [0.1, 0.15) is 11.5 Å². The van der Waals surface area contributed by atoms with Crippen LogP contribution in [0.5, 0.6) is 0 Å². The number of nitrogens with two attached hydrogens (primary N) is 1. The van der Waals surface area contributed by atoms with Gasteiger partial charge in [0, 0.05) is 17.0 Å². The van der Waals surface area contributed by atoms with Gasteiger partial charge in [-0.05, 0) is 43.7 Å². The molecule has 1 heterocycles. The molecule has 31 heavy (non-hydrogen) atoms. The van der Waals surface area contributed by atoms with E-state index in [4.69, 9.17) is 5.73 Å². The first kappa shape index (κ1) is 20.4. The molecule has 3 aromatic carbocycles. The topological polar surface area (TPSA) is 78.0 Å². The molecule has 4 rings (SSSR count). The summed E-state index contributed by atoms with van der Waals surface area (Å²) in [7, 11) is 0. The van der Waals surface area contributed by atoms with E-state index in [9.17, 15) is 18.4 Å². The summed E-state index contributed by atoms with van der Waals surface area (Å²) < 4.78 is 28.8. The van der Waals surface area contributed by atoms with Crippen LogP contribution in [0.25, 0.3) is 27.7 Å². The second-order valence-electron chi connectivity index (χ2n) is 7.78. The van der Waals surface area contributed by atoms with Crippen LogP contribution in [0.4, 0.5) is 8.78 Å². The zero-order valence-corrected chi connectivity index (χ0v) is 16.9. The van der Waals surface area contributed by atoms with Gasteiger partial charge in [-0.1, -0.05) is 36.4 Å². The first-order chi connectivity index (χ1) is 14.7. The third kappa shape index (κ3) is 3.48. The predicted octanol–water partition coefficient (Wildman–Crippen LogP) is 4.09. The van der Waals surface area contributed by atoms with Crippen molar-refractivity contribution in [2.24, 2.45) is 5.73 Å². The van der Waals surface area contributed by atoms with E-state index in [0.717, 1.165) is 10.7 Å². The van der Waals surface area contributed by atoms with Crippen LogP contribution in [0, 0.1) is 11.6 Å². The lowest BCUT2D eigenvalue weighted by atomic mass is 9.83. The van der Waals surface area contributed by atoms with Gasteiger partial charge in [-0.2, -0.15) is 9.78 Å². The smallest absolute Gasteiger partial charge is 0.279 e. The Labute approximate surface area is 176 Å². The van der Waals surface area contributed by atoms with E-state index >= 15 is 0 Å². The number of aromatic nitrogens is 2. The number of hydrogen-bond donors (Lipinski definition) is 1. The number of primary amides is 1. The average molecular weight is 419 g/mol. The molecule has 0 aliphatic rings. The fourth-order valence-corrected chi connectivity index (χ4v) is 3.42. The number of carbonyl (C=O) groups is 1. The second kappa shape index (κ2) is 7.43. The van der Waals surface area contributed by atoms with Gasteiger partial charge in [0.05, 0.1) is 16.5 Å². The molecule has 156 valence electrons. The van der Waals surface area contributed by atoms with Crippen molar-refractivity contribution >= 4 is 16.7 Å². The molecule has 0 saturated heterocycles. The normalized spacial score (nSPS) is 11.6. The lowest BCUT2D eigenvalue weighted by molar-refractivity contribution is -0.122. The molecule has 1 amide bonds. The average Bonchev–Trinajstić information content (AvgIpc) is 2.75. The third-order valence-corrected chi connectivity index (χ3v) is 5.42. The molecule has 0 saturated carbocycles. The highest BCUT2D eigenvalue weighted by Gasteiger charge is 2.28. The minimum Gasteiger partial charge on any atom is -0.369 e. The van der Waals surface area contributed by atoms with Gasteiger partial charge in [-0.25, -0.2) is 8.78 Å². The maximum atomic E-state index is 14.5. The summed E-state index contributed by atoms with van der Waals surface area (Å²) in [6.45, 7) is 3.43. The third-order valence-electron chi connectivity index (χ3n) is 5.42. The predicted molar refractivity (Wildman–Crippen MR) is 115 cm³/mol. The van der Waals surface area contributed by atoms with E-state index < -0.39 is 28.5 Å². The number of nitrogens with zero attached hydrogens (tertiary/aromatic N) is 2. The molecular formula is C24H19F2N3O2. The van der Waals surface area contributed by atoms with Crippen LogP contribution in [-0.2, 0) is 10.2 Å². The van der Waals surface area contributed by atoms with Crippen molar-refractivity contribution in [3.05, 3.63) is 94.3 Å². The minimum absolute atomic E-state index is 0.160. The van der Waals surface area contributed by atoms with Gasteiger partial charge in [0.25, 0.3) is 5.56 Å². The Kier molecular flexibility index (Phi) is 4.89. The molecular weight excluding hydrogens is 400 g/mol. The van der Waals surface area contributed by atoms with Gasteiger partial charge >= 0.3 is 0 Å². The number of halogens is 2. The van der Waals surface area contributed by atoms with Crippen LogP contribution in [0.15, 0.2) is 71.5 Å². The fraction of sp³-hybridized carbons (Fsp3) is 0.125. The number of rotatable bonds is 4. The number of carbonyl (C=O) groups excluding carboxylic acids is 1. The zero-order chi connectivity index (χ0) is 22.3. The lowest BCUT2D eigenvalue weighted by Crippen LogP contribution is -2.35. The molecule has 7 heteroatoms. The Bertz CT molecular complexity index is 1390. The molecule has 0 unspecified atom stereocenters. The first-order valence-electron chi connectivity index (χ1n) is 9.58. The van der Waals surface area contributed by atoms with E-state index in [1.54, 1.807) is 62.4 Å². The highest BCUT2D eigenvalue weighted by atomic mass is 19.1. The van der Waals surface area contributed by atoms with Crippen molar-refractivity contribution in [2.75, 3.05) is 0 Å². The van der Waals surface area contributed by atoms with Crippen LogP contribution in [0.2, 0.25) is 0 Å². The number of fused-ring (bicyclic) bond motifs is 1. The largest absolute Gasteiger partial charge is 0.369 e. The fourth-order valence-electron chi connectivity index (χ4n) is 3.42. The molecule has 0 spiro atoms. The van der Waals surface area contributed by atoms with Gasteiger partial charge in [-0.3, -0.25) is 9.59 Å². The van der Waals surface area contributed by atoms with Crippen molar-refractivity contribution < 1.29 is 13.6 Å². The Hall–Kier alpha value is -3.87. The highest BCUT2D eigenvalue weighted by Crippen LogP contribution is 2.30. The van der Waals surface area contributed by atoms with Gasteiger partial charge < -0.3 is 5.73 Å². The van der Waals surface area contributed by atoms with E-state index in [0.29, 0.717) is 33.7 Å². The Morgan fingerprint density at radius 1 is 0.968 bits per heavy atom. The SMILES string of the molecule is CC(C)(C(N)=O)c1cccc(-c2nn(-c3ccc(F)cc3F)c(=O)c3ccccc23)c1. The van der Waals surface area contributed by atoms with Crippen molar-refractivity contribution in [1.29, 1.82) is 0 Å². The Morgan fingerprint density at radius 2 is 1.68 bits per heavy atom. The molecule has 0 bridgehead atoms. The molecule has 0 fully saturated rings. The molecule has 5 nitrogen and oxygen atoms in total. The van der Waals surface area contributed by atoms with Crippen molar-refractivity contribution in [1.82, 2.24) is 9.78 Å². The zero-order valence-electron chi connectivity index (χ0n) is 16.9. The summed E-state index contributed by atoms with van der Waals surface area (Å²) in [5.41, 5.74) is 5.66. The maximum absolute atomic E-state index is 14.5. The molecule has 0 radical (unpaired) electrons. The van der Waals surface area contributed by atoms with Gasteiger partial charge in [0.2, 0.25) is 5.91 Å². The van der Waals surface area contributed by atoms with Crippen LogP contribution in [0.3, 0.4) is 0 Å². The Morgan fingerprint density at radius 3 is 2.35 bits per heavy atom. The molecule has 0 aliphatic heterocycles. The monoisotopic (exact) mass is 419 g/mol. The van der Waals surface area contributed by atoms with Crippen LogP contribution in [0.1, 0.15) is 19.4 Å². The summed E-state index contributed by atoms with van der Waals surface area (Å²) in [4.78, 5) is 25.0. The molecule has 1 aromatic heterocycles. The summed E-state index contributed by atoms with van der Waals surface area (Å²) in [6, 6.07) is 16.9. The molecule has 0 atom stereocenters. The summed E-state index contributed by atoms with van der Waals surface area (Å²) in [5, 5.41) is 5.32. The lowest BCUT2D eigenvalue weighted by Gasteiger charge is -2.22. The molecule has 2 N–H and O–H groups in total. The van der Waals surface area contributed by atoms with Gasteiger partial charge in [-0.15, -0.1) is 0 Å². The molecule has 4 aromatic rings. The summed E-state index contributed by atoms with van der Waals surface area (Å²) in [5.74, 6) is -2.14. The van der Waals surface area contributed by atoms with E-state index in [-0.39, 0.29) is 5.69 Å². The quantitative estimate of drug-likeness (QED) is 0.541. The van der Waals surface area contributed by atoms with Crippen molar-refractivity contribution in [2.45, 2.75) is 19.3 Å². The Balaban J connectivity index is 2.03. The standard InChI is InChI=1S/C24H19F2N3O2/c1-24(2,23(27)31)15-7-5-6-14(12-15)21-17-8-3-4-9-18(17)22(30)29(28-21)20-11-10-16(25)13-19(20)26/h3-13H,1-2H3,(H2,27,31). The maximum Gasteiger partial charge on any atom is 0.279 e. The van der Waals surface area contributed by atoms with Gasteiger partial charge in [0.15, 0.2) is 5.82 Å². The van der Waals surface area contributed by atoms with Crippen molar-refractivity contribution in [3.63, 3.8) is 0 Å². The number of amides is 1. The van der Waals surface area contributed by atoms with Crippen LogP contribution in [-0.4, -0.2) is 15.7 Å². The minimum atomic E-state index is -0.927. The van der Waals surface area contributed by atoms with Crippen LogP contribution < -0.4 is 11.3 Å². The number of hydrogen-bond acceptors (Lipinski definition) is 3. The highest BCUT2D eigenvalue weighted by molar-refractivity contribution is 5.94. The summed E-state index contributed by atoms with van der Waals surface area (Å²) in [6.07, 6.45) is 0. The number of benzene rings is 3. The van der Waals surface area contributed by atoms with E-state index in [1.807, 2.05) is 0 Å². The van der Waals surface area contributed by atoms with E-state index in [2.05, 4.69) is 5.10 Å². The second-order valence-corrected chi connectivity index (χ2v) is 7.78. The van der Waals surface area contributed by atoms with Crippen molar-refractivity contribution in [3.8, 4) is 16.9 Å². The van der Waals surface area contributed by atoms with Crippen LogP contribution >= 0.6 is 0 Å². The molecule has 0 aliphatic carbocycles. The summed E-state index contributed by atoms with van der Waals surface area (Å²) >= 11 is 0. The van der Waals surface area contributed by atoms with E-state index in [1.165, 1.54) is 6.07 Å².